The standard InChI is InChI=1S/C17H23NO3/c1-12-4-2-3-5-16(12)21-9-8-17(20)18-10-13-6-7-15(19)14(13)11-18/h2-5,13-15,19H,6-11H2,1H3. The lowest BCUT2D eigenvalue weighted by atomic mass is 10.00. The Morgan fingerprint density at radius 1 is 1.33 bits per heavy atom. The number of carbonyl (C=O) groups excluding carboxylic acids is 1. The van der Waals surface area contributed by atoms with E-state index in [2.05, 4.69) is 0 Å². The third kappa shape index (κ3) is 3.05. The van der Waals surface area contributed by atoms with E-state index in [-0.39, 0.29) is 12.0 Å². The fraction of sp³-hybridized carbons (Fsp3) is 0.588. The lowest BCUT2D eigenvalue weighted by Gasteiger charge is -2.18. The van der Waals surface area contributed by atoms with Gasteiger partial charge >= 0.3 is 0 Å². The maximum absolute atomic E-state index is 12.2. The number of nitrogens with zero attached hydrogens (tertiary/aromatic N) is 1. The smallest absolute Gasteiger partial charge is 0.226 e. The van der Waals surface area contributed by atoms with E-state index in [9.17, 15) is 9.90 Å². The third-order valence-corrected chi connectivity index (χ3v) is 4.84. The van der Waals surface area contributed by atoms with Gasteiger partial charge < -0.3 is 14.7 Å². The van der Waals surface area contributed by atoms with Crippen molar-refractivity contribution in [3.8, 4) is 5.75 Å². The first-order valence-electron chi connectivity index (χ1n) is 7.79. The molecule has 1 N–H and O–H groups in total. The first-order valence-corrected chi connectivity index (χ1v) is 7.79. The molecule has 1 saturated heterocycles. The van der Waals surface area contributed by atoms with Gasteiger partial charge in [0, 0.05) is 19.0 Å². The second-order valence-corrected chi connectivity index (χ2v) is 6.23. The summed E-state index contributed by atoms with van der Waals surface area (Å²) >= 11 is 0. The van der Waals surface area contributed by atoms with Crippen LogP contribution < -0.4 is 4.74 Å². The lowest BCUT2D eigenvalue weighted by molar-refractivity contribution is -0.131. The fourth-order valence-electron chi connectivity index (χ4n) is 3.57. The average molecular weight is 289 g/mol. The molecule has 21 heavy (non-hydrogen) atoms. The topological polar surface area (TPSA) is 49.8 Å². The zero-order chi connectivity index (χ0) is 14.8. The molecule has 3 unspecified atom stereocenters. The number of rotatable bonds is 4. The van der Waals surface area contributed by atoms with E-state index in [0.29, 0.717) is 24.9 Å². The van der Waals surface area contributed by atoms with Crippen molar-refractivity contribution < 1.29 is 14.6 Å². The minimum Gasteiger partial charge on any atom is -0.493 e. The largest absolute Gasteiger partial charge is 0.493 e. The molecule has 1 aromatic carbocycles. The minimum atomic E-state index is -0.212. The molecule has 0 radical (unpaired) electrons. The first-order chi connectivity index (χ1) is 10.1. The van der Waals surface area contributed by atoms with Crippen molar-refractivity contribution in [2.75, 3.05) is 19.7 Å². The second-order valence-electron chi connectivity index (χ2n) is 6.23. The maximum Gasteiger partial charge on any atom is 0.226 e. The molecule has 4 nitrogen and oxygen atoms in total. The minimum absolute atomic E-state index is 0.144. The summed E-state index contributed by atoms with van der Waals surface area (Å²) in [5.74, 6) is 1.79. The van der Waals surface area contributed by atoms with Crippen LogP contribution in [-0.2, 0) is 4.79 Å². The fourth-order valence-corrected chi connectivity index (χ4v) is 3.57. The van der Waals surface area contributed by atoms with E-state index in [1.807, 2.05) is 36.1 Å². The summed E-state index contributed by atoms with van der Waals surface area (Å²) in [6.45, 7) is 3.94. The number of carbonyl (C=O) groups is 1. The van der Waals surface area contributed by atoms with Crippen LogP contribution in [-0.4, -0.2) is 41.7 Å². The molecule has 1 saturated carbocycles. The quantitative estimate of drug-likeness (QED) is 0.922. The van der Waals surface area contributed by atoms with Crippen LogP contribution in [0.5, 0.6) is 5.75 Å². The summed E-state index contributed by atoms with van der Waals surface area (Å²) in [6, 6.07) is 7.84. The first kappa shape index (κ1) is 14.4. The van der Waals surface area contributed by atoms with E-state index in [4.69, 9.17) is 4.74 Å². The number of amides is 1. The highest BCUT2D eigenvalue weighted by Gasteiger charge is 2.42. The number of hydrogen-bond acceptors (Lipinski definition) is 3. The highest BCUT2D eigenvalue weighted by atomic mass is 16.5. The molecule has 1 amide bonds. The van der Waals surface area contributed by atoms with Crippen LogP contribution in [0.1, 0.15) is 24.8 Å². The number of aliphatic hydroxyl groups is 1. The van der Waals surface area contributed by atoms with E-state index < -0.39 is 0 Å². The lowest BCUT2D eigenvalue weighted by Crippen LogP contribution is -2.31. The van der Waals surface area contributed by atoms with Gasteiger partial charge in [0.05, 0.1) is 19.1 Å². The Hall–Kier alpha value is -1.55. The number of likely N-dealkylation sites (tertiary alicyclic amines) is 1. The molecule has 0 aromatic heterocycles. The van der Waals surface area contributed by atoms with Crippen LogP contribution >= 0.6 is 0 Å². The average Bonchev–Trinajstić information content (AvgIpc) is 3.04. The van der Waals surface area contributed by atoms with Crippen LogP contribution in [0.3, 0.4) is 0 Å². The molecule has 3 atom stereocenters. The normalized spacial score (nSPS) is 27.7. The Labute approximate surface area is 125 Å². The van der Waals surface area contributed by atoms with E-state index in [1.165, 1.54) is 0 Å². The number of aryl methyl sites for hydroxylation is 1. The Kier molecular flexibility index (Phi) is 4.15. The van der Waals surface area contributed by atoms with Crippen molar-refractivity contribution in [2.45, 2.75) is 32.3 Å². The summed E-state index contributed by atoms with van der Waals surface area (Å²) < 4.78 is 5.69. The highest BCUT2D eigenvalue weighted by molar-refractivity contribution is 5.76. The third-order valence-electron chi connectivity index (χ3n) is 4.84. The van der Waals surface area contributed by atoms with Gasteiger partial charge in [-0.25, -0.2) is 0 Å². The van der Waals surface area contributed by atoms with Crippen LogP contribution in [0.15, 0.2) is 24.3 Å². The molecule has 0 spiro atoms. The summed E-state index contributed by atoms with van der Waals surface area (Å²) in [6.07, 6.45) is 2.14. The number of aliphatic hydroxyl groups excluding tert-OH is 1. The summed E-state index contributed by atoms with van der Waals surface area (Å²) in [4.78, 5) is 14.1. The number of benzene rings is 1. The Morgan fingerprint density at radius 2 is 2.14 bits per heavy atom. The van der Waals surface area contributed by atoms with Gasteiger partial charge in [0.25, 0.3) is 0 Å². The summed E-state index contributed by atoms with van der Waals surface area (Å²) in [5.41, 5.74) is 1.09. The van der Waals surface area contributed by atoms with Gasteiger partial charge in [-0.15, -0.1) is 0 Å². The Bertz CT molecular complexity index is 517. The van der Waals surface area contributed by atoms with Gasteiger partial charge in [-0.3, -0.25) is 4.79 Å². The van der Waals surface area contributed by atoms with Crippen molar-refractivity contribution in [1.29, 1.82) is 0 Å². The number of fused-ring (bicyclic) bond motifs is 1. The highest BCUT2D eigenvalue weighted by Crippen LogP contribution is 2.38. The Balaban J connectivity index is 1.46. The van der Waals surface area contributed by atoms with Crippen LogP contribution in [0.4, 0.5) is 0 Å². The van der Waals surface area contributed by atoms with E-state index in [1.54, 1.807) is 0 Å². The van der Waals surface area contributed by atoms with Gasteiger partial charge in [-0.2, -0.15) is 0 Å². The van der Waals surface area contributed by atoms with Crippen molar-refractivity contribution in [3.05, 3.63) is 29.8 Å². The second kappa shape index (κ2) is 6.06. The predicted octanol–water partition coefficient (Wildman–Crippen LogP) is 1.99. The van der Waals surface area contributed by atoms with Crippen LogP contribution in [0.25, 0.3) is 0 Å². The molecular weight excluding hydrogens is 266 g/mol. The molecule has 2 fully saturated rings. The van der Waals surface area contributed by atoms with E-state index in [0.717, 1.165) is 37.2 Å². The van der Waals surface area contributed by atoms with Crippen molar-refractivity contribution in [3.63, 3.8) is 0 Å². The van der Waals surface area contributed by atoms with E-state index >= 15 is 0 Å². The molecule has 1 aliphatic heterocycles. The van der Waals surface area contributed by atoms with Gasteiger partial charge in [-0.1, -0.05) is 18.2 Å². The SMILES string of the molecule is Cc1ccccc1OCCC(=O)N1CC2CCC(O)C2C1. The molecule has 3 rings (SSSR count). The van der Waals surface area contributed by atoms with Gasteiger partial charge in [-0.05, 0) is 37.3 Å². The molecule has 0 bridgehead atoms. The zero-order valence-electron chi connectivity index (χ0n) is 12.5. The number of para-hydroxylation sites is 1. The van der Waals surface area contributed by atoms with Gasteiger partial charge in [0.2, 0.25) is 5.91 Å². The molecular formula is C17H23NO3. The Morgan fingerprint density at radius 3 is 2.90 bits per heavy atom. The molecule has 1 aromatic rings. The molecule has 4 heteroatoms. The number of ether oxygens (including phenoxy) is 1. The van der Waals surface area contributed by atoms with Crippen molar-refractivity contribution in [2.24, 2.45) is 11.8 Å². The van der Waals surface area contributed by atoms with Crippen molar-refractivity contribution in [1.82, 2.24) is 4.90 Å². The van der Waals surface area contributed by atoms with Crippen LogP contribution in [0, 0.1) is 18.8 Å². The molecule has 1 heterocycles. The molecule has 2 aliphatic rings. The predicted molar refractivity (Wildman–Crippen MR) is 80.1 cm³/mol. The maximum atomic E-state index is 12.2. The zero-order valence-corrected chi connectivity index (χ0v) is 12.5. The monoisotopic (exact) mass is 289 g/mol. The van der Waals surface area contributed by atoms with Crippen molar-refractivity contribution >= 4 is 5.91 Å². The summed E-state index contributed by atoms with van der Waals surface area (Å²) in [7, 11) is 0. The van der Waals surface area contributed by atoms with Gasteiger partial charge in [0.15, 0.2) is 0 Å². The van der Waals surface area contributed by atoms with Gasteiger partial charge in [0.1, 0.15) is 5.75 Å². The number of hydrogen-bond donors (Lipinski definition) is 1. The summed E-state index contributed by atoms with van der Waals surface area (Å²) in [5, 5.41) is 9.89. The van der Waals surface area contributed by atoms with Crippen LogP contribution in [0.2, 0.25) is 0 Å². The molecule has 114 valence electrons. The molecule has 1 aliphatic carbocycles.